The number of piperidine rings is 1. The summed E-state index contributed by atoms with van der Waals surface area (Å²) < 4.78 is 7.35. The Morgan fingerprint density at radius 3 is 2.37 bits per heavy atom. The topological polar surface area (TPSA) is 47.4 Å². The molecule has 0 N–H and O–H groups in total. The van der Waals surface area contributed by atoms with Gasteiger partial charge in [-0.15, -0.1) is 0 Å². The van der Waals surface area contributed by atoms with Gasteiger partial charge in [0.15, 0.2) is 0 Å². The number of benzene rings is 2. The fourth-order valence-electron chi connectivity index (χ4n) is 4.55. The zero-order valence-electron chi connectivity index (χ0n) is 17.5. The highest BCUT2D eigenvalue weighted by Gasteiger charge is 2.41. The zero-order chi connectivity index (χ0) is 20.8. The number of hydrogen-bond acceptors (Lipinski definition) is 3. The smallest absolute Gasteiger partial charge is 0.248 e. The predicted octanol–water partition coefficient (Wildman–Crippen LogP) is 3.68. The number of hydrogen-bond donors (Lipinski definition) is 0. The standard InChI is InChI=1S/C25H29N3O2/c1-30-20-23(29)27-17-13-25(14-18-27,22-10-6-3-7-11-22)24-26-15-19-28(24)16-12-21-8-4-2-5-9-21/h2-11,15,19H,12-14,16-18,20H2,1H3. The molecule has 5 nitrogen and oxygen atoms in total. The summed E-state index contributed by atoms with van der Waals surface area (Å²) in [5.74, 6) is 1.16. The molecule has 0 bridgehead atoms. The third-order valence-corrected chi connectivity index (χ3v) is 6.19. The minimum Gasteiger partial charge on any atom is -0.375 e. The van der Waals surface area contributed by atoms with Gasteiger partial charge in [-0.05, 0) is 30.4 Å². The summed E-state index contributed by atoms with van der Waals surface area (Å²) in [6.45, 7) is 2.45. The van der Waals surface area contributed by atoms with E-state index >= 15 is 0 Å². The van der Waals surface area contributed by atoms with Crippen LogP contribution in [0.25, 0.3) is 0 Å². The lowest BCUT2D eigenvalue weighted by Crippen LogP contribution is -2.47. The van der Waals surface area contributed by atoms with Crippen LogP contribution < -0.4 is 0 Å². The molecule has 4 rings (SSSR count). The summed E-state index contributed by atoms with van der Waals surface area (Å²) in [6.07, 6.45) is 6.68. The van der Waals surface area contributed by atoms with Crippen molar-refractivity contribution in [3.8, 4) is 0 Å². The van der Waals surface area contributed by atoms with Gasteiger partial charge >= 0.3 is 0 Å². The third-order valence-electron chi connectivity index (χ3n) is 6.19. The van der Waals surface area contributed by atoms with Crippen LogP contribution >= 0.6 is 0 Å². The van der Waals surface area contributed by atoms with E-state index in [0.29, 0.717) is 13.1 Å². The quantitative estimate of drug-likeness (QED) is 0.605. The fraction of sp³-hybridized carbons (Fsp3) is 0.360. The maximum atomic E-state index is 12.3. The first kappa shape index (κ1) is 20.4. The number of ether oxygens (including phenoxy) is 1. The number of likely N-dealkylation sites (tertiary alicyclic amines) is 1. The molecule has 1 saturated heterocycles. The van der Waals surface area contributed by atoms with Crippen molar-refractivity contribution in [1.29, 1.82) is 0 Å². The number of rotatable bonds is 7. The van der Waals surface area contributed by atoms with Crippen LogP contribution in [-0.2, 0) is 27.9 Å². The summed E-state index contributed by atoms with van der Waals surface area (Å²) >= 11 is 0. The van der Waals surface area contributed by atoms with Gasteiger partial charge in [-0.2, -0.15) is 0 Å². The Kier molecular flexibility index (Phi) is 6.29. The summed E-state index contributed by atoms with van der Waals surface area (Å²) in [6, 6.07) is 21.2. The molecule has 0 spiro atoms. The molecule has 1 aromatic heterocycles. The molecule has 1 aliphatic heterocycles. The first-order valence-corrected chi connectivity index (χ1v) is 10.6. The molecule has 0 radical (unpaired) electrons. The molecule has 30 heavy (non-hydrogen) atoms. The molecule has 1 aliphatic rings. The maximum Gasteiger partial charge on any atom is 0.248 e. The average Bonchev–Trinajstić information content (AvgIpc) is 3.28. The van der Waals surface area contributed by atoms with Gasteiger partial charge < -0.3 is 14.2 Å². The second-order valence-electron chi connectivity index (χ2n) is 7.94. The zero-order valence-corrected chi connectivity index (χ0v) is 17.5. The van der Waals surface area contributed by atoms with Crippen LogP contribution in [0.4, 0.5) is 0 Å². The van der Waals surface area contributed by atoms with Crippen LogP contribution in [0.3, 0.4) is 0 Å². The van der Waals surface area contributed by atoms with E-state index in [-0.39, 0.29) is 17.9 Å². The predicted molar refractivity (Wildman–Crippen MR) is 117 cm³/mol. The van der Waals surface area contributed by atoms with Crippen LogP contribution in [0.15, 0.2) is 73.1 Å². The normalized spacial score (nSPS) is 15.8. The van der Waals surface area contributed by atoms with Gasteiger partial charge in [0.1, 0.15) is 12.4 Å². The van der Waals surface area contributed by atoms with E-state index in [0.717, 1.165) is 31.6 Å². The lowest BCUT2D eigenvalue weighted by molar-refractivity contribution is -0.136. The van der Waals surface area contributed by atoms with Gasteiger partial charge in [-0.25, -0.2) is 4.98 Å². The lowest BCUT2D eigenvalue weighted by atomic mass is 9.72. The third kappa shape index (κ3) is 4.17. The van der Waals surface area contributed by atoms with Crippen LogP contribution in [0.1, 0.15) is 29.8 Å². The van der Waals surface area contributed by atoms with Crippen molar-refractivity contribution in [3.05, 3.63) is 90.0 Å². The number of aromatic nitrogens is 2. The Morgan fingerprint density at radius 1 is 1.03 bits per heavy atom. The second kappa shape index (κ2) is 9.26. The largest absolute Gasteiger partial charge is 0.375 e. The number of amides is 1. The number of methoxy groups -OCH3 is 1. The van der Waals surface area contributed by atoms with E-state index in [1.807, 2.05) is 11.1 Å². The Balaban J connectivity index is 1.61. The van der Waals surface area contributed by atoms with E-state index in [9.17, 15) is 4.79 Å². The van der Waals surface area contributed by atoms with E-state index in [1.165, 1.54) is 11.1 Å². The average molecular weight is 404 g/mol. The van der Waals surface area contributed by atoms with Crippen LogP contribution in [-0.4, -0.2) is 47.2 Å². The summed E-state index contributed by atoms with van der Waals surface area (Å²) in [5.41, 5.74) is 2.41. The molecule has 1 fully saturated rings. The molecular formula is C25H29N3O2. The Labute approximate surface area is 178 Å². The minimum absolute atomic E-state index is 0.0616. The Hall–Kier alpha value is -2.92. The molecule has 0 unspecified atom stereocenters. The van der Waals surface area contributed by atoms with E-state index in [4.69, 9.17) is 9.72 Å². The SMILES string of the molecule is COCC(=O)N1CCC(c2ccccc2)(c2nccn2CCc2ccccc2)CC1. The highest BCUT2D eigenvalue weighted by Crippen LogP contribution is 2.41. The number of aryl methyl sites for hydroxylation is 2. The molecule has 1 amide bonds. The van der Waals surface area contributed by atoms with Crippen molar-refractivity contribution in [2.75, 3.05) is 26.8 Å². The summed E-state index contributed by atoms with van der Waals surface area (Å²) in [4.78, 5) is 19.1. The van der Waals surface area contributed by atoms with Crippen molar-refractivity contribution in [3.63, 3.8) is 0 Å². The molecule has 5 heteroatoms. The molecule has 2 heterocycles. The molecule has 2 aromatic carbocycles. The first-order valence-electron chi connectivity index (χ1n) is 10.6. The number of carbonyl (C=O) groups is 1. The van der Waals surface area contributed by atoms with Gasteiger partial charge in [-0.1, -0.05) is 60.7 Å². The number of nitrogens with zero attached hydrogens (tertiary/aromatic N) is 3. The molecule has 0 saturated carbocycles. The summed E-state index contributed by atoms with van der Waals surface area (Å²) in [7, 11) is 1.57. The Bertz CT molecular complexity index is 945. The van der Waals surface area contributed by atoms with Crippen molar-refractivity contribution < 1.29 is 9.53 Å². The van der Waals surface area contributed by atoms with Gasteiger partial charge in [0, 0.05) is 39.1 Å². The highest BCUT2D eigenvalue weighted by molar-refractivity contribution is 5.77. The van der Waals surface area contributed by atoms with E-state index in [1.54, 1.807) is 7.11 Å². The fourth-order valence-corrected chi connectivity index (χ4v) is 4.55. The maximum absolute atomic E-state index is 12.3. The van der Waals surface area contributed by atoms with Crippen molar-refractivity contribution in [1.82, 2.24) is 14.5 Å². The van der Waals surface area contributed by atoms with Gasteiger partial charge in [0.05, 0.1) is 5.41 Å². The number of carbonyl (C=O) groups excluding carboxylic acids is 1. The van der Waals surface area contributed by atoms with E-state index < -0.39 is 0 Å². The summed E-state index contributed by atoms with van der Waals surface area (Å²) in [5, 5.41) is 0. The highest BCUT2D eigenvalue weighted by atomic mass is 16.5. The van der Waals surface area contributed by atoms with Crippen LogP contribution in [0, 0.1) is 0 Å². The van der Waals surface area contributed by atoms with Gasteiger partial charge in [0.25, 0.3) is 0 Å². The van der Waals surface area contributed by atoms with Crippen molar-refractivity contribution >= 4 is 5.91 Å². The number of imidazole rings is 1. The molecule has 0 aliphatic carbocycles. The van der Waals surface area contributed by atoms with Gasteiger partial charge in [-0.3, -0.25) is 4.79 Å². The lowest BCUT2D eigenvalue weighted by Gasteiger charge is -2.42. The van der Waals surface area contributed by atoms with Crippen molar-refractivity contribution in [2.45, 2.75) is 31.2 Å². The van der Waals surface area contributed by atoms with Gasteiger partial charge in [0.2, 0.25) is 5.91 Å². The van der Waals surface area contributed by atoms with E-state index in [2.05, 4.69) is 71.4 Å². The van der Waals surface area contributed by atoms with Crippen LogP contribution in [0.2, 0.25) is 0 Å². The first-order chi connectivity index (χ1) is 14.7. The van der Waals surface area contributed by atoms with Crippen LogP contribution in [0.5, 0.6) is 0 Å². The molecular weight excluding hydrogens is 374 g/mol. The molecule has 3 aromatic rings. The molecule has 156 valence electrons. The van der Waals surface area contributed by atoms with Crippen molar-refractivity contribution in [2.24, 2.45) is 0 Å². The minimum atomic E-state index is -0.189. The Morgan fingerprint density at radius 2 is 1.70 bits per heavy atom. The monoisotopic (exact) mass is 403 g/mol. The molecule has 0 atom stereocenters. The second-order valence-corrected chi connectivity index (χ2v) is 7.94.